The van der Waals surface area contributed by atoms with Gasteiger partial charge in [-0.25, -0.2) is 0 Å². The number of hydrogen-bond acceptors (Lipinski definition) is 3. The Morgan fingerprint density at radius 3 is 2.82 bits per heavy atom. The highest BCUT2D eigenvalue weighted by atomic mass is 16.2. The molecular formula is C17H21N3O2. The van der Waals surface area contributed by atoms with E-state index in [1.54, 1.807) is 0 Å². The molecule has 0 atom stereocenters. The molecule has 0 bridgehead atoms. The van der Waals surface area contributed by atoms with Crippen molar-refractivity contribution in [3.63, 3.8) is 0 Å². The lowest BCUT2D eigenvalue weighted by molar-refractivity contribution is -0.133. The highest BCUT2D eigenvalue weighted by molar-refractivity contribution is 5.83. The van der Waals surface area contributed by atoms with Crippen molar-refractivity contribution in [2.24, 2.45) is 0 Å². The van der Waals surface area contributed by atoms with Gasteiger partial charge in [-0.15, -0.1) is 0 Å². The molecule has 1 saturated heterocycles. The molecule has 1 fully saturated rings. The molecule has 1 amide bonds. The van der Waals surface area contributed by atoms with E-state index in [0.29, 0.717) is 18.8 Å². The summed E-state index contributed by atoms with van der Waals surface area (Å²) >= 11 is 0. The van der Waals surface area contributed by atoms with Gasteiger partial charge >= 0.3 is 0 Å². The highest BCUT2D eigenvalue weighted by Crippen LogP contribution is 2.32. The Labute approximate surface area is 129 Å². The second kappa shape index (κ2) is 6.30. The minimum absolute atomic E-state index is 0.0769. The van der Waals surface area contributed by atoms with E-state index >= 15 is 0 Å². The van der Waals surface area contributed by atoms with Crippen molar-refractivity contribution in [3.8, 4) is 0 Å². The van der Waals surface area contributed by atoms with Gasteiger partial charge < -0.3 is 14.7 Å². The first-order valence-corrected chi connectivity index (χ1v) is 7.84. The molecule has 2 aromatic heterocycles. The zero-order valence-electron chi connectivity index (χ0n) is 12.8. The number of nitrogens with zero attached hydrogens (tertiary/aromatic N) is 2. The normalized spacial score (nSPS) is 16.1. The van der Waals surface area contributed by atoms with Crippen molar-refractivity contribution in [3.05, 3.63) is 30.1 Å². The monoisotopic (exact) mass is 299 g/mol. The number of piperidine rings is 1. The first-order valence-electron chi connectivity index (χ1n) is 7.84. The molecule has 5 nitrogen and oxygen atoms in total. The van der Waals surface area contributed by atoms with Crippen molar-refractivity contribution in [1.82, 2.24) is 14.9 Å². The van der Waals surface area contributed by atoms with Gasteiger partial charge in [-0.2, -0.15) is 0 Å². The van der Waals surface area contributed by atoms with Crippen LogP contribution < -0.4 is 0 Å². The van der Waals surface area contributed by atoms with E-state index in [-0.39, 0.29) is 11.7 Å². The fraction of sp³-hybridized carbons (Fsp3) is 0.471. The molecule has 0 radical (unpaired) electrons. The predicted molar refractivity (Wildman–Crippen MR) is 84.6 cm³/mol. The number of H-pyrrole nitrogens is 1. The maximum Gasteiger partial charge on any atom is 0.223 e. The number of fused-ring (bicyclic) bond motifs is 1. The first-order chi connectivity index (χ1) is 10.6. The van der Waals surface area contributed by atoms with Crippen LogP contribution in [0.4, 0.5) is 0 Å². The van der Waals surface area contributed by atoms with Crippen LogP contribution in [0.5, 0.6) is 0 Å². The standard InChI is InChI=1S/C17H21N3O2/c1-12(21)4-5-16(22)20-9-6-13(7-10-20)14-11-19-15-3-2-8-18-17(14)15/h2-3,8,11,13,19H,4-7,9-10H2,1H3. The Balaban J connectivity index is 1.62. The number of rotatable bonds is 4. The number of aromatic amines is 1. The molecule has 1 N–H and O–H groups in total. The van der Waals surface area contributed by atoms with Gasteiger partial charge in [0, 0.05) is 38.3 Å². The molecule has 3 heterocycles. The van der Waals surface area contributed by atoms with Crippen LogP contribution in [-0.2, 0) is 9.59 Å². The number of hydrogen-bond donors (Lipinski definition) is 1. The number of pyridine rings is 1. The highest BCUT2D eigenvalue weighted by Gasteiger charge is 2.25. The number of likely N-dealkylation sites (tertiary alicyclic amines) is 1. The summed E-state index contributed by atoms with van der Waals surface area (Å²) < 4.78 is 0. The minimum Gasteiger partial charge on any atom is -0.360 e. The zero-order chi connectivity index (χ0) is 15.5. The molecule has 0 aromatic carbocycles. The van der Waals surface area contributed by atoms with Gasteiger partial charge in [-0.3, -0.25) is 9.78 Å². The minimum atomic E-state index is 0.0769. The molecular weight excluding hydrogens is 278 g/mol. The lowest BCUT2D eigenvalue weighted by Gasteiger charge is -2.32. The molecule has 5 heteroatoms. The van der Waals surface area contributed by atoms with E-state index in [0.717, 1.165) is 37.0 Å². The fourth-order valence-corrected chi connectivity index (χ4v) is 3.17. The summed E-state index contributed by atoms with van der Waals surface area (Å²) in [5, 5.41) is 0. The number of amides is 1. The number of ketones is 1. The number of Topliss-reactive ketones (excluding diaryl/α,β-unsaturated/α-hetero) is 1. The second-order valence-corrected chi connectivity index (χ2v) is 6.00. The molecule has 0 saturated carbocycles. The Hall–Kier alpha value is -2.17. The summed E-state index contributed by atoms with van der Waals surface area (Å²) in [4.78, 5) is 32.7. The molecule has 2 aromatic rings. The van der Waals surface area contributed by atoms with Crippen LogP contribution in [0.1, 0.15) is 44.1 Å². The molecule has 0 spiro atoms. The maximum atomic E-state index is 12.1. The Bertz CT molecular complexity index is 684. The van der Waals surface area contributed by atoms with Crippen molar-refractivity contribution in [2.75, 3.05) is 13.1 Å². The van der Waals surface area contributed by atoms with Crippen molar-refractivity contribution < 1.29 is 9.59 Å². The first kappa shape index (κ1) is 14.8. The van der Waals surface area contributed by atoms with E-state index in [2.05, 4.69) is 16.2 Å². The lowest BCUT2D eigenvalue weighted by Crippen LogP contribution is -2.37. The number of nitrogens with one attached hydrogen (secondary N) is 1. The van der Waals surface area contributed by atoms with E-state index in [1.807, 2.05) is 23.2 Å². The van der Waals surface area contributed by atoms with Gasteiger partial charge in [0.25, 0.3) is 0 Å². The summed E-state index contributed by atoms with van der Waals surface area (Å²) in [5.41, 5.74) is 3.37. The van der Waals surface area contributed by atoms with Crippen LogP contribution in [0.3, 0.4) is 0 Å². The Kier molecular flexibility index (Phi) is 4.22. The number of carbonyl (C=O) groups excluding carboxylic acids is 2. The van der Waals surface area contributed by atoms with E-state index in [1.165, 1.54) is 12.5 Å². The maximum absolute atomic E-state index is 12.1. The average Bonchev–Trinajstić information content (AvgIpc) is 2.97. The van der Waals surface area contributed by atoms with Crippen LogP contribution in [0.25, 0.3) is 11.0 Å². The number of aromatic nitrogens is 2. The Morgan fingerprint density at radius 2 is 2.09 bits per heavy atom. The van der Waals surface area contributed by atoms with Crippen molar-refractivity contribution in [2.45, 2.75) is 38.5 Å². The number of carbonyl (C=O) groups is 2. The van der Waals surface area contributed by atoms with Crippen LogP contribution in [0, 0.1) is 0 Å². The van der Waals surface area contributed by atoms with Crippen molar-refractivity contribution >= 4 is 22.7 Å². The van der Waals surface area contributed by atoms with Gasteiger partial charge in [0.1, 0.15) is 5.78 Å². The third-order valence-electron chi connectivity index (χ3n) is 4.44. The summed E-state index contributed by atoms with van der Waals surface area (Å²) in [6, 6.07) is 3.96. The molecule has 116 valence electrons. The summed E-state index contributed by atoms with van der Waals surface area (Å²) in [5.74, 6) is 0.624. The third kappa shape index (κ3) is 3.03. The second-order valence-electron chi connectivity index (χ2n) is 6.00. The Morgan fingerprint density at radius 1 is 1.32 bits per heavy atom. The van der Waals surface area contributed by atoms with E-state index < -0.39 is 0 Å². The van der Waals surface area contributed by atoms with Gasteiger partial charge in [-0.1, -0.05) is 0 Å². The summed E-state index contributed by atoms with van der Waals surface area (Å²) in [6.45, 7) is 3.06. The topological polar surface area (TPSA) is 66.1 Å². The van der Waals surface area contributed by atoms with Crippen LogP contribution in [-0.4, -0.2) is 39.6 Å². The largest absolute Gasteiger partial charge is 0.360 e. The molecule has 0 aliphatic carbocycles. The third-order valence-corrected chi connectivity index (χ3v) is 4.44. The van der Waals surface area contributed by atoms with Gasteiger partial charge in [0.05, 0.1) is 11.0 Å². The smallest absolute Gasteiger partial charge is 0.223 e. The SMILES string of the molecule is CC(=O)CCC(=O)N1CCC(c2c[nH]c3cccnc23)CC1. The fourth-order valence-electron chi connectivity index (χ4n) is 3.17. The molecule has 0 unspecified atom stereocenters. The zero-order valence-corrected chi connectivity index (χ0v) is 12.8. The van der Waals surface area contributed by atoms with E-state index in [9.17, 15) is 9.59 Å². The molecule has 1 aliphatic heterocycles. The van der Waals surface area contributed by atoms with Crippen LogP contribution >= 0.6 is 0 Å². The molecule has 22 heavy (non-hydrogen) atoms. The lowest BCUT2D eigenvalue weighted by atomic mass is 9.90. The van der Waals surface area contributed by atoms with Crippen LogP contribution in [0.15, 0.2) is 24.5 Å². The molecule has 3 rings (SSSR count). The predicted octanol–water partition coefficient (Wildman–Crippen LogP) is 2.64. The van der Waals surface area contributed by atoms with Gasteiger partial charge in [0.2, 0.25) is 5.91 Å². The summed E-state index contributed by atoms with van der Waals surface area (Å²) in [7, 11) is 0. The quantitative estimate of drug-likeness (QED) is 0.943. The van der Waals surface area contributed by atoms with Crippen LogP contribution in [0.2, 0.25) is 0 Å². The van der Waals surface area contributed by atoms with Gasteiger partial charge in [-0.05, 0) is 43.4 Å². The molecule has 1 aliphatic rings. The van der Waals surface area contributed by atoms with E-state index in [4.69, 9.17) is 0 Å². The van der Waals surface area contributed by atoms with Crippen molar-refractivity contribution in [1.29, 1.82) is 0 Å². The summed E-state index contributed by atoms with van der Waals surface area (Å²) in [6.07, 6.45) is 6.47. The van der Waals surface area contributed by atoms with Gasteiger partial charge in [0.15, 0.2) is 0 Å². The average molecular weight is 299 g/mol.